The molecule has 3 saturated heterocycles. The number of amides is 2. The summed E-state index contributed by atoms with van der Waals surface area (Å²) in [6, 6.07) is 7.11. The van der Waals surface area contributed by atoms with E-state index in [4.69, 9.17) is 4.74 Å². The van der Waals surface area contributed by atoms with Crippen LogP contribution in [0.4, 0.5) is 29.2 Å². The van der Waals surface area contributed by atoms with E-state index in [0.717, 1.165) is 37.7 Å². The van der Waals surface area contributed by atoms with Crippen molar-refractivity contribution in [3.05, 3.63) is 83.2 Å². The lowest BCUT2D eigenvalue weighted by Gasteiger charge is -2.42. The molecule has 2 amide bonds. The van der Waals surface area contributed by atoms with Gasteiger partial charge in [0.25, 0.3) is 11.8 Å². The highest BCUT2D eigenvalue weighted by molar-refractivity contribution is 6.16. The van der Waals surface area contributed by atoms with Crippen molar-refractivity contribution in [2.75, 3.05) is 49.1 Å². The lowest BCUT2D eigenvalue weighted by atomic mass is 9.97. The average molecular weight is 629 g/mol. The van der Waals surface area contributed by atoms with Crippen molar-refractivity contribution in [2.24, 2.45) is 0 Å². The van der Waals surface area contributed by atoms with Crippen molar-refractivity contribution in [2.45, 2.75) is 43.6 Å². The molecule has 45 heavy (non-hydrogen) atoms. The zero-order chi connectivity index (χ0) is 31.7. The van der Waals surface area contributed by atoms with Crippen molar-refractivity contribution in [1.82, 2.24) is 20.2 Å². The molecule has 14 heteroatoms. The number of nitrogens with one attached hydrogen (secondary N) is 1. The molecule has 3 atom stereocenters. The zero-order valence-electron chi connectivity index (χ0n) is 24.3. The Morgan fingerprint density at radius 1 is 1.00 bits per heavy atom. The number of hydrogen-bond acceptors (Lipinski definition) is 8. The molecular weight excluding hydrogens is 596 g/mol. The van der Waals surface area contributed by atoms with Gasteiger partial charge in [-0.2, -0.15) is 0 Å². The molecule has 3 fully saturated rings. The summed E-state index contributed by atoms with van der Waals surface area (Å²) in [5, 5.41) is 13.2. The van der Waals surface area contributed by atoms with Crippen molar-refractivity contribution in [1.29, 1.82) is 0 Å². The summed E-state index contributed by atoms with van der Waals surface area (Å²) in [5.41, 5.74) is -1.92. The van der Waals surface area contributed by atoms with Gasteiger partial charge in [0, 0.05) is 62.9 Å². The number of halogens is 4. The molecule has 6 rings (SSSR count). The molecular formula is C31H32F4N6O4. The average Bonchev–Trinajstić information content (AvgIpc) is 3.37. The molecule has 238 valence electrons. The Kier molecular flexibility index (Phi) is 8.71. The number of benzene rings is 2. The fraction of sp³-hybridized carbons (Fsp3) is 0.419. The molecule has 2 aromatic carbocycles. The van der Waals surface area contributed by atoms with Gasteiger partial charge in [-0.1, -0.05) is 12.1 Å². The first-order valence-electron chi connectivity index (χ1n) is 14.8. The summed E-state index contributed by atoms with van der Waals surface area (Å²) in [6.07, 6.45) is 3.63. The Morgan fingerprint density at radius 2 is 1.76 bits per heavy atom. The summed E-state index contributed by atoms with van der Waals surface area (Å²) < 4.78 is 61.1. The SMILES string of the molecule is O=C(NCc1cccc(F)c1F)C1(O)CCN(c2cnc(N3CCN([C@@H]4CC[C@@H](c5cc(F)ccc5F)OC4)CC3)nc2)C1=O. The predicted octanol–water partition coefficient (Wildman–Crippen LogP) is 2.86. The third-order valence-electron chi connectivity index (χ3n) is 8.75. The van der Waals surface area contributed by atoms with Gasteiger partial charge in [0.2, 0.25) is 11.5 Å². The van der Waals surface area contributed by atoms with Gasteiger partial charge in [0.05, 0.1) is 30.8 Å². The molecule has 3 aromatic rings. The van der Waals surface area contributed by atoms with Gasteiger partial charge in [-0.25, -0.2) is 27.5 Å². The molecule has 0 bridgehead atoms. The van der Waals surface area contributed by atoms with E-state index in [-0.39, 0.29) is 30.1 Å². The van der Waals surface area contributed by atoms with Crippen LogP contribution < -0.4 is 15.1 Å². The van der Waals surface area contributed by atoms with E-state index in [9.17, 15) is 32.3 Å². The Hall–Kier alpha value is -4.14. The van der Waals surface area contributed by atoms with Crippen LogP contribution in [0.1, 0.15) is 36.5 Å². The second-order valence-electron chi connectivity index (χ2n) is 11.4. The number of aromatic nitrogens is 2. The molecule has 3 aliphatic rings. The molecule has 2 N–H and O–H groups in total. The minimum atomic E-state index is -2.37. The first-order valence-corrected chi connectivity index (χ1v) is 14.8. The predicted molar refractivity (Wildman–Crippen MR) is 154 cm³/mol. The van der Waals surface area contributed by atoms with E-state index in [0.29, 0.717) is 37.8 Å². The number of hydrogen-bond donors (Lipinski definition) is 2. The lowest BCUT2D eigenvalue weighted by molar-refractivity contribution is -0.149. The van der Waals surface area contributed by atoms with Crippen molar-refractivity contribution >= 4 is 23.5 Å². The second kappa shape index (κ2) is 12.7. The minimum Gasteiger partial charge on any atom is -0.372 e. The number of carbonyl (C=O) groups excluding carboxylic acids is 2. The van der Waals surface area contributed by atoms with Crippen molar-refractivity contribution < 1.29 is 37.0 Å². The normalized spacial score (nSPS) is 24.2. The highest BCUT2D eigenvalue weighted by atomic mass is 19.2. The number of piperazine rings is 1. The Morgan fingerprint density at radius 3 is 2.47 bits per heavy atom. The summed E-state index contributed by atoms with van der Waals surface area (Å²) in [5.74, 6) is -4.53. The van der Waals surface area contributed by atoms with E-state index in [1.54, 1.807) is 0 Å². The summed E-state index contributed by atoms with van der Waals surface area (Å²) in [6.45, 7) is 2.80. The van der Waals surface area contributed by atoms with E-state index in [2.05, 4.69) is 20.2 Å². The van der Waals surface area contributed by atoms with Crippen molar-refractivity contribution in [3.8, 4) is 0 Å². The number of aliphatic hydroxyl groups is 1. The standard InChI is InChI=1S/C31H32F4N6O4/c32-20-4-6-24(33)23(14-20)26-7-5-21(18-45-26)39-10-12-40(13-11-39)30-37-16-22(17-38-30)41-9-8-31(44,29(41)43)28(42)36-15-19-2-1-3-25(34)27(19)35/h1-4,6,14,16-17,21,26,44H,5,7-13,15,18H2,(H,36,42)/t21-,26+,31?/m1/s1. The fourth-order valence-electron chi connectivity index (χ4n) is 6.11. The summed E-state index contributed by atoms with van der Waals surface area (Å²) >= 11 is 0. The number of ether oxygens (including phenoxy) is 1. The quantitative estimate of drug-likeness (QED) is 0.304. The highest BCUT2D eigenvalue weighted by Gasteiger charge is 2.52. The van der Waals surface area contributed by atoms with Crippen LogP contribution in [-0.2, 0) is 20.9 Å². The van der Waals surface area contributed by atoms with E-state index >= 15 is 0 Å². The van der Waals surface area contributed by atoms with Crippen molar-refractivity contribution in [3.63, 3.8) is 0 Å². The molecule has 0 saturated carbocycles. The first-order chi connectivity index (χ1) is 21.6. The van der Waals surface area contributed by atoms with Crippen LogP contribution in [0, 0.1) is 23.3 Å². The van der Waals surface area contributed by atoms with E-state index < -0.39 is 53.3 Å². The third-order valence-corrected chi connectivity index (χ3v) is 8.75. The summed E-state index contributed by atoms with van der Waals surface area (Å²) in [4.78, 5) is 40.2. The fourth-order valence-corrected chi connectivity index (χ4v) is 6.11. The third kappa shape index (κ3) is 6.22. The van der Waals surface area contributed by atoms with Crippen LogP contribution in [0.2, 0.25) is 0 Å². The number of rotatable bonds is 7. The highest BCUT2D eigenvalue weighted by Crippen LogP contribution is 2.33. The molecule has 0 radical (unpaired) electrons. The Bertz CT molecular complexity index is 1560. The number of nitrogens with zero attached hydrogens (tertiary/aromatic N) is 5. The second-order valence-corrected chi connectivity index (χ2v) is 11.4. The van der Waals surface area contributed by atoms with Gasteiger partial charge < -0.3 is 25.0 Å². The van der Waals surface area contributed by atoms with Gasteiger partial charge in [-0.3, -0.25) is 14.5 Å². The molecule has 0 aliphatic carbocycles. The van der Waals surface area contributed by atoms with Crippen LogP contribution >= 0.6 is 0 Å². The van der Waals surface area contributed by atoms with Crippen LogP contribution in [0.5, 0.6) is 0 Å². The Labute approximate surface area is 256 Å². The van der Waals surface area contributed by atoms with Gasteiger partial charge in [0.15, 0.2) is 11.6 Å². The molecule has 10 nitrogen and oxygen atoms in total. The van der Waals surface area contributed by atoms with Crippen LogP contribution in [0.25, 0.3) is 0 Å². The van der Waals surface area contributed by atoms with Gasteiger partial charge in [-0.05, 0) is 37.1 Å². The molecule has 4 heterocycles. The monoisotopic (exact) mass is 628 g/mol. The largest absolute Gasteiger partial charge is 0.372 e. The Balaban J connectivity index is 0.996. The van der Waals surface area contributed by atoms with E-state index in [1.807, 2.05) is 4.90 Å². The number of carbonyl (C=O) groups is 2. The number of anilines is 2. The van der Waals surface area contributed by atoms with Gasteiger partial charge in [-0.15, -0.1) is 0 Å². The molecule has 1 aromatic heterocycles. The van der Waals surface area contributed by atoms with Crippen LogP contribution in [0.3, 0.4) is 0 Å². The smallest absolute Gasteiger partial charge is 0.268 e. The molecule has 1 unspecified atom stereocenters. The topological polar surface area (TPSA) is 111 Å². The van der Waals surface area contributed by atoms with Crippen LogP contribution in [-0.4, -0.2) is 82.8 Å². The summed E-state index contributed by atoms with van der Waals surface area (Å²) in [7, 11) is 0. The lowest BCUT2D eigenvalue weighted by Crippen LogP contribution is -2.53. The van der Waals surface area contributed by atoms with Gasteiger partial charge >= 0.3 is 0 Å². The van der Waals surface area contributed by atoms with Gasteiger partial charge in [0.1, 0.15) is 11.6 Å². The van der Waals surface area contributed by atoms with Crippen LogP contribution in [0.15, 0.2) is 48.8 Å². The maximum absolute atomic E-state index is 14.2. The van der Waals surface area contributed by atoms with E-state index in [1.165, 1.54) is 35.5 Å². The molecule has 0 spiro atoms. The first kappa shape index (κ1) is 30.9. The maximum atomic E-state index is 14.2. The zero-order valence-corrected chi connectivity index (χ0v) is 24.3. The maximum Gasteiger partial charge on any atom is 0.268 e. The molecule has 3 aliphatic heterocycles. The minimum absolute atomic E-state index is 0.0363.